The van der Waals surface area contributed by atoms with Gasteiger partial charge in [-0.3, -0.25) is 4.79 Å². The normalized spacial score (nSPS) is 17.5. The first kappa shape index (κ1) is 17.4. The zero-order chi connectivity index (χ0) is 13.0. The standard InChI is InChI=1S/C10H15NO.2C2H6/c1-3-4-6-10-7-5-8-11(10)9(2)12;2*1-2/h1,10H,4-8H2,2H3;2*1-2H3. The van der Waals surface area contributed by atoms with Crippen LogP contribution in [0.15, 0.2) is 0 Å². The van der Waals surface area contributed by atoms with Crippen molar-refractivity contribution in [3.05, 3.63) is 0 Å². The quantitative estimate of drug-likeness (QED) is 0.659. The highest BCUT2D eigenvalue weighted by atomic mass is 16.2. The molecule has 94 valence electrons. The summed E-state index contributed by atoms with van der Waals surface area (Å²) in [7, 11) is 0. The van der Waals surface area contributed by atoms with Gasteiger partial charge < -0.3 is 4.90 Å². The number of terminal acetylenes is 1. The molecule has 1 fully saturated rings. The fourth-order valence-corrected chi connectivity index (χ4v) is 1.80. The van der Waals surface area contributed by atoms with Crippen LogP contribution in [0.1, 0.15) is 60.3 Å². The van der Waals surface area contributed by atoms with Crippen molar-refractivity contribution in [3.63, 3.8) is 0 Å². The molecule has 0 spiro atoms. The van der Waals surface area contributed by atoms with Gasteiger partial charge in [0.05, 0.1) is 0 Å². The second-order valence-corrected chi connectivity index (χ2v) is 3.25. The zero-order valence-corrected chi connectivity index (χ0v) is 11.5. The van der Waals surface area contributed by atoms with Gasteiger partial charge in [0, 0.05) is 25.9 Å². The highest BCUT2D eigenvalue weighted by Crippen LogP contribution is 2.20. The van der Waals surface area contributed by atoms with Gasteiger partial charge in [0.2, 0.25) is 5.91 Å². The van der Waals surface area contributed by atoms with Crippen LogP contribution in [0.5, 0.6) is 0 Å². The van der Waals surface area contributed by atoms with Crippen molar-refractivity contribution in [3.8, 4) is 12.3 Å². The molecule has 0 N–H and O–H groups in total. The molecule has 0 aromatic heterocycles. The number of likely N-dealkylation sites (tertiary alicyclic amines) is 1. The van der Waals surface area contributed by atoms with Crippen molar-refractivity contribution in [1.29, 1.82) is 0 Å². The molecule has 1 atom stereocenters. The first-order chi connectivity index (χ1) is 7.75. The number of carbonyl (C=O) groups is 1. The van der Waals surface area contributed by atoms with E-state index in [4.69, 9.17) is 6.42 Å². The minimum Gasteiger partial charge on any atom is -0.340 e. The van der Waals surface area contributed by atoms with E-state index in [1.165, 1.54) is 0 Å². The van der Waals surface area contributed by atoms with Crippen LogP contribution >= 0.6 is 0 Å². The third-order valence-electron chi connectivity index (χ3n) is 2.40. The van der Waals surface area contributed by atoms with Crippen molar-refractivity contribution in [2.45, 2.75) is 66.3 Å². The van der Waals surface area contributed by atoms with Crippen molar-refractivity contribution in [2.75, 3.05) is 6.54 Å². The molecule has 0 radical (unpaired) electrons. The van der Waals surface area contributed by atoms with Crippen molar-refractivity contribution in [2.24, 2.45) is 0 Å². The summed E-state index contributed by atoms with van der Waals surface area (Å²) in [4.78, 5) is 13.0. The SMILES string of the molecule is C#CCCC1CCCN1C(C)=O.CC.CC. The first-order valence-corrected chi connectivity index (χ1v) is 6.46. The van der Waals surface area contributed by atoms with E-state index in [9.17, 15) is 4.79 Å². The minimum absolute atomic E-state index is 0.189. The average molecular weight is 225 g/mol. The van der Waals surface area contributed by atoms with E-state index in [-0.39, 0.29) is 5.91 Å². The average Bonchev–Trinajstić information content (AvgIpc) is 2.80. The van der Waals surface area contributed by atoms with E-state index in [1.807, 2.05) is 32.6 Å². The Morgan fingerprint density at radius 1 is 1.38 bits per heavy atom. The number of hydrogen-bond acceptors (Lipinski definition) is 1. The van der Waals surface area contributed by atoms with E-state index >= 15 is 0 Å². The fourth-order valence-electron chi connectivity index (χ4n) is 1.80. The van der Waals surface area contributed by atoms with Gasteiger partial charge in [-0.15, -0.1) is 12.3 Å². The molecule has 1 aliphatic heterocycles. The van der Waals surface area contributed by atoms with Gasteiger partial charge in [-0.25, -0.2) is 0 Å². The van der Waals surface area contributed by atoms with E-state index in [0.29, 0.717) is 6.04 Å². The second-order valence-electron chi connectivity index (χ2n) is 3.25. The lowest BCUT2D eigenvalue weighted by molar-refractivity contribution is -0.129. The molecule has 2 heteroatoms. The van der Waals surface area contributed by atoms with Crippen LogP contribution in [0.25, 0.3) is 0 Å². The van der Waals surface area contributed by atoms with Crippen LogP contribution in [-0.2, 0) is 4.79 Å². The van der Waals surface area contributed by atoms with Crippen molar-refractivity contribution >= 4 is 5.91 Å². The summed E-state index contributed by atoms with van der Waals surface area (Å²) in [6, 6.07) is 0.415. The smallest absolute Gasteiger partial charge is 0.219 e. The first-order valence-electron chi connectivity index (χ1n) is 6.46. The van der Waals surface area contributed by atoms with Gasteiger partial charge in [-0.2, -0.15) is 0 Å². The van der Waals surface area contributed by atoms with Gasteiger partial charge in [-0.1, -0.05) is 27.7 Å². The topological polar surface area (TPSA) is 20.3 Å². The summed E-state index contributed by atoms with van der Waals surface area (Å²) in [5.74, 6) is 2.81. The molecule has 1 aliphatic rings. The molecule has 0 aromatic rings. The molecule has 1 amide bonds. The Balaban J connectivity index is 0. The predicted molar refractivity (Wildman–Crippen MR) is 71.2 cm³/mol. The third kappa shape index (κ3) is 6.50. The number of hydrogen-bond donors (Lipinski definition) is 0. The fraction of sp³-hybridized carbons (Fsp3) is 0.786. The van der Waals surface area contributed by atoms with E-state index in [0.717, 1.165) is 32.2 Å². The maximum Gasteiger partial charge on any atom is 0.219 e. The number of nitrogens with zero attached hydrogens (tertiary/aromatic N) is 1. The summed E-state index contributed by atoms with van der Waals surface area (Å²) in [5, 5.41) is 0. The summed E-state index contributed by atoms with van der Waals surface area (Å²) >= 11 is 0. The summed E-state index contributed by atoms with van der Waals surface area (Å²) in [6.07, 6.45) is 9.19. The third-order valence-corrected chi connectivity index (χ3v) is 2.40. The van der Waals surface area contributed by atoms with Gasteiger partial charge >= 0.3 is 0 Å². The largest absolute Gasteiger partial charge is 0.340 e. The predicted octanol–water partition coefficient (Wildman–Crippen LogP) is 3.46. The van der Waals surface area contributed by atoms with Crippen LogP contribution in [0.4, 0.5) is 0 Å². The van der Waals surface area contributed by atoms with Crippen LogP contribution in [0.3, 0.4) is 0 Å². The highest BCUT2D eigenvalue weighted by Gasteiger charge is 2.25. The maximum absolute atomic E-state index is 11.1. The Bertz CT molecular complexity index is 205. The monoisotopic (exact) mass is 225 g/mol. The number of rotatable bonds is 2. The molecule has 0 saturated carbocycles. The molecule has 1 saturated heterocycles. The number of amides is 1. The van der Waals surface area contributed by atoms with Gasteiger partial charge in [0.15, 0.2) is 0 Å². The van der Waals surface area contributed by atoms with Gasteiger partial charge in [-0.05, 0) is 19.3 Å². The molecule has 1 heterocycles. The van der Waals surface area contributed by atoms with Gasteiger partial charge in [0.1, 0.15) is 0 Å². The Morgan fingerprint density at radius 3 is 2.38 bits per heavy atom. The number of carbonyl (C=O) groups excluding carboxylic acids is 1. The van der Waals surface area contributed by atoms with Crippen LogP contribution in [0.2, 0.25) is 0 Å². The molecule has 0 aromatic carbocycles. The zero-order valence-electron chi connectivity index (χ0n) is 11.5. The van der Waals surface area contributed by atoms with Crippen LogP contribution in [0, 0.1) is 12.3 Å². The van der Waals surface area contributed by atoms with E-state index in [1.54, 1.807) is 6.92 Å². The summed E-state index contributed by atoms with van der Waals surface area (Å²) < 4.78 is 0. The summed E-state index contributed by atoms with van der Waals surface area (Å²) in [5.41, 5.74) is 0. The molecule has 0 bridgehead atoms. The molecule has 0 aliphatic carbocycles. The lowest BCUT2D eigenvalue weighted by atomic mass is 10.1. The van der Waals surface area contributed by atoms with E-state index in [2.05, 4.69) is 5.92 Å². The molecular formula is C14H27NO. The Morgan fingerprint density at radius 2 is 1.94 bits per heavy atom. The summed E-state index contributed by atoms with van der Waals surface area (Å²) in [6.45, 7) is 10.6. The second kappa shape index (κ2) is 12.1. The lowest BCUT2D eigenvalue weighted by Crippen LogP contribution is -2.33. The van der Waals surface area contributed by atoms with Crippen LogP contribution in [-0.4, -0.2) is 23.4 Å². The molecule has 2 nitrogen and oxygen atoms in total. The van der Waals surface area contributed by atoms with Gasteiger partial charge in [0.25, 0.3) is 0 Å². The minimum atomic E-state index is 0.189. The molecule has 16 heavy (non-hydrogen) atoms. The Labute approximate surface area is 101 Å². The molecule has 1 rings (SSSR count). The van der Waals surface area contributed by atoms with Crippen LogP contribution < -0.4 is 0 Å². The Hall–Kier alpha value is -0.970. The van der Waals surface area contributed by atoms with Crippen molar-refractivity contribution < 1.29 is 4.79 Å². The van der Waals surface area contributed by atoms with Crippen molar-refractivity contribution in [1.82, 2.24) is 4.90 Å². The lowest BCUT2D eigenvalue weighted by Gasteiger charge is -2.22. The molecule has 1 unspecified atom stereocenters. The Kier molecular flexibility index (Phi) is 13.2. The highest BCUT2D eigenvalue weighted by molar-refractivity contribution is 5.73. The molecular weight excluding hydrogens is 198 g/mol. The maximum atomic E-state index is 11.1. The van der Waals surface area contributed by atoms with E-state index < -0.39 is 0 Å².